The number of hydrogen-bond donors (Lipinski definition) is 2. The van der Waals surface area contributed by atoms with Crippen LogP contribution in [-0.4, -0.2) is 38.9 Å². The van der Waals surface area contributed by atoms with Gasteiger partial charge in [-0.1, -0.05) is 6.07 Å². The van der Waals surface area contributed by atoms with Crippen LogP contribution in [0, 0.1) is 5.82 Å². The molecule has 118 valence electrons. The highest BCUT2D eigenvalue weighted by Crippen LogP contribution is 2.18. The molecule has 0 aliphatic heterocycles. The van der Waals surface area contributed by atoms with Crippen LogP contribution in [-0.2, 0) is 0 Å². The second kappa shape index (κ2) is 8.33. The molecule has 1 rings (SSSR count). The van der Waals surface area contributed by atoms with Crippen LogP contribution in [0.25, 0.3) is 0 Å². The second-order valence-corrected chi connectivity index (χ2v) is 4.10. The van der Waals surface area contributed by atoms with Crippen LogP contribution < -0.4 is 15.4 Å². The molecule has 21 heavy (non-hydrogen) atoms. The molecular weight excluding hydrogens is 290 g/mol. The fraction of sp³-hybridized carbons (Fsp3) is 0.462. The summed E-state index contributed by atoms with van der Waals surface area (Å²) < 4.78 is 54.1. The van der Waals surface area contributed by atoms with Crippen molar-refractivity contribution in [2.75, 3.05) is 26.7 Å². The van der Waals surface area contributed by atoms with Gasteiger partial charge in [0.1, 0.15) is 18.2 Å². The Labute approximate surface area is 120 Å². The average Bonchev–Trinajstić information content (AvgIpc) is 2.40. The van der Waals surface area contributed by atoms with Gasteiger partial charge in [-0.3, -0.25) is 4.99 Å². The smallest absolute Gasteiger partial charge is 0.390 e. The van der Waals surface area contributed by atoms with Crippen LogP contribution >= 0.6 is 0 Å². The molecule has 0 aromatic heterocycles. The van der Waals surface area contributed by atoms with Crippen molar-refractivity contribution in [3.05, 3.63) is 30.1 Å². The Morgan fingerprint density at radius 3 is 2.57 bits per heavy atom. The van der Waals surface area contributed by atoms with Gasteiger partial charge in [0.25, 0.3) is 0 Å². The molecule has 4 nitrogen and oxygen atoms in total. The monoisotopic (exact) mass is 307 g/mol. The quantitative estimate of drug-likeness (QED) is 0.367. The normalized spacial score (nSPS) is 12.1. The summed E-state index contributed by atoms with van der Waals surface area (Å²) in [5.41, 5.74) is 0. The molecule has 0 saturated carbocycles. The van der Waals surface area contributed by atoms with Crippen molar-refractivity contribution in [3.63, 3.8) is 0 Å². The van der Waals surface area contributed by atoms with Crippen molar-refractivity contribution >= 4 is 5.96 Å². The van der Waals surface area contributed by atoms with Crippen LogP contribution in [0.15, 0.2) is 29.3 Å². The lowest BCUT2D eigenvalue weighted by Crippen LogP contribution is -2.40. The van der Waals surface area contributed by atoms with Gasteiger partial charge in [0.2, 0.25) is 0 Å². The van der Waals surface area contributed by atoms with Gasteiger partial charge in [-0.25, -0.2) is 4.39 Å². The first-order chi connectivity index (χ1) is 9.90. The highest BCUT2D eigenvalue weighted by atomic mass is 19.4. The molecule has 0 bridgehead atoms. The van der Waals surface area contributed by atoms with Gasteiger partial charge < -0.3 is 15.4 Å². The molecule has 0 atom stereocenters. The molecule has 2 N–H and O–H groups in total. The number of benzene rings is 1. The predicted molar refractivity (Wildman–Crippen MR) is 71.9 cm³/mol. The number of alkyl halides is 3. The highest BCUT2D eigenvalue weighted by molar-refractivity contribution is 5.79. The van der Waals surface area contributed by atoms with E-state index in [1.54, 1.807) is 6.07 Å². The first-order valence-electron chi connectivity index (χ1n) is 6.30. The van der Waals surface area contributed by atoms with Gasteiger partial charge in [-0.2, -0.15) is 13.2 Å². The van der Waals surface area contributed by atoms with Crippen LogP contribution in [0.1, 0.15) is 6.42 Å². The minimum atomic E-state index is -4.20. The summed E-state index contributed by atoms with van der Waals surface area (Å²) in [6, 6.07) is 5.68. The van der Waals surface area contributed by atoms with Crippen molar-refractivity contribution in [1.82, 2.24) is 10.6 Å². The first-order valence-corrected chi connectivity index (χ1v) is 6.30. The summed E-state index contributed by atoms with van der Waals surface area (Å²) in [7, 11) is 1.45. The SMILES string of the molecule is CN=C(NCCOc1cccc(F)c1)NCCC(F)(F)F. The molecule has 1 aromatic carbocycles. The van der Waals surface area contributed by atoms with Crippen molar-refractivity contribution in [2.45, 2.75) is 12.6 Å². The van der Waals surface area contributed by atoms with E-state index in [0.717, 1.165) is 0 Å². The summed E-state index contributed by atoms with van der Waals surface area (Å²) in [5, 5.41) is 5.33. The average molecular weight is 307 g/mol. The largest absolute Gasteiger partial charge is 0.492 e. The number of ether oxygens (including phenoxy) is 1. The van der Waals surface area contributed by atoms with Crippen molar-refractivity contribution in [1.29, 1.82) is 0 Å². The Morgan fingerprint density at radius 2 is 1.95 bits per heavy atom. The van der Waals surface area contributed by atoms with E-state index >= 15 is 0 Å². The maximum Gasteiger partial charge on any atom is 0.390 e. The zero-order valence-electron chi connectivity index (χ0n) is 11.5. The Morgan fingerprint density at radius 1 is 1.24 bits per heavy atom. The van der Waals surface area contributed by atoms with E-state index in [0.29, 0.717) is 12.3 Å². The van der Waals surface area contributed by atoms with Crippen LogP contribution in [0.5, 0.6) is 5.75 Å². The molecule has 0 amide bonds. The van der Waals surface area contributed by atoms with E-state index in [1.165, 1.54) is 25.2 Å². The van der Waals surface area contributed by atoms with Gasteiger partial charge >= 0.3 is 6.18 Å². The maximum absolute atomic E-state index is 12.9. The minimum absolute atomic E-state index is 0.226. The third-order valence-corrected chi connectivity index (χ3v) is 2.38. The summed E-state index contributed by atoms with van der Waals surface area (Å²) in [6.45, 7) is 0.291. The predicted octanol–water partition coefficient (Wildman–Crippen LogP) is 2.32. The first kappa shape index (κ1) is 17.1. The molecule has 0 spiro atoms. The Kier molecular flexibility index (Phi) is 6.77. The Balaban J connectivity index is 2.21. The molecular formula is C13H17F4N3O. The standard InChI is InChI=1S/C13H17F4N3O/c1-18-12(19-6-5-13(15,16)17)20-7-8-21-11-4-2-3-10(14)9-11/h2-4,9H,5-8H2,1H3,(H2,18,19,20). The number of hydrogen-bond acceptors (Lipinski definition) is 2. The van der Waals surface area contributed by atoms with E-state index < -0.39 is 18.4 Å². The molecule has 8 heteroatoms. The summed E-state index contributed by atoms with van der Waals surface area (Å²) in [4.78, 5) is 3.78. The van der Waals surface area contributed by atoms with Crippen molar-refractivity contribution in [2.24, 2.45) is 4.99 Å². The van der Waals surface area contributed by atoms with Gasteiger partial charge in [0.15, 0.2) is 5.96 Å². The molecule has 0 saturated heterocycles. The molecule has 0 unspecified atom stereocenters. The third kappa shape index (κ3) is 8.01. The Bertz CT molecular complexity index is 463. The van der Waals surface area contributed by atoms with Gasteiger partial charge in [0, 0.05) is 19.7 Å². The van der Waals surface area contributed by atoms with E-state index in [4.69, 9.17) is 4.74 Å². The van der Waals surface area contributed by atoms with Crippen molar-refractivity contribution in [3.8, 4) is 5.75 Å². The fourth-order valence-corrected chi connectivity index (χ4v) is 1.44. The lowest BCUT2D eigenvalue weighted by atomic mass is 10.3. The summed E-state index contributed by atoms with van der Waals surface area (Å²) in [5.74, 6) is 0.240. The van der Waals surface area contributed by atoms with Crippen LogP contribution in [0.2, 0.25) is 0 Å². The molecule has 0 heterocycles. The van der Waals surface area contributed by atoms with Crippen LogP contribution in [0.3, 0.4) is 0 Å². The molecule has 0 radical (unpaired) electrons. The number of rotatable bonds is 6. The van der Waals surface area contributed by atoms with Gasteiger partial charge in [-0.15, -0.1) is 0 Å². The van der Waals surface area contributed by atoms with E-state index in [-0.39, 0.29) is 19.1 Å². The highest BCUT2D eigenvalue weighted by Gasteiger charge is 2.26. The minimum Gasteiger partial charge on any atom is -0.492 e. The molecule has 0 aliphatic rings. The molecule has 0 aliphatic carbocycles. The molecule has 0 fully saturated rings. The fourth-order valence-electron chi connectivity index (χ4n) is 1.44. The zero-order chi connectivity index (χ0) is 15.7. The van der Waals surface area contributed by atoms with E-state index in [9.17, 15) is 17.6 Å². The second-order valence-electron chi connectivity index (χ2n) is 4.10. The molecule has 1 aromatic rings. The van der Waals surface area contributed by atoms with E-state index in [2.05, 4.69) is 15.6 Å². The topological polar surface area (TPSA) is 45.7 Å². The zero-order valence-corrected chi connectivity index (χ0v) is 11.5. The lowest BCUT2D eigenvalue weighted by molar-refractivity contribution is -0.132. The summed E-state index contributed by atoms with van der Waals surface area (Å²) in [6.07, 6.45) is -5.14. The van der Waals surface area contributed by atoms with Crippen molar-refractivity contribution < 1.29 is 22.3 Å². The third-order valence-electron chi connectivity index (χ3n) is 2.38. The number of guanidine groups is 1. The number of aliphatic imine (C=N–C) groups is 1. The Hall–Kier alpha value is -1.99. The number of halogens is 4. The van der Waals surface area contributed by atoms with Gasteiger partial charge in [-0.05, 0) is 12.1 Å². The van der Waals surface area contributed by atoms with Crippen LogP contribution in [0.4, 0.5) is 17.6 Å². The number of nitrogens with one attached hydrogen (secondary N) is 2. The lowest BCUT2D eigenvalue weighted by Gasteiger charge is -2.13. The maximum atomic E-state index is 12.9. The number of nitrogens with zero attached hydrogens (tertiary/aromatic N) is 1. The summed E-state index contributed by atoms with van der Waals surface area (Å²) >= 11 is 0. The van der Waals surface area contributed by atoms with E-state index in [1.807, 2.05) is 0 Å². The van der Waals surface area contributed by atoms with Gasteiger partial charge in [0.05, 0.1) is 13.0 Å².